The highest BCUT2D eigenvalue weighted by molar-refractivity contribution is 9.10. The molecule has 1 amide bonds. The summed E-state index contributed by atoms with van der Waals surface area (Å²) in [4.78, 5) is 22.9. The Bertz CT molecular complexity index is 780. The lowest BCUT2D eigenvalue weighted by atomic mass is 10.2. The van der Waals surface area contributed by atoms with E-state index in [2.05, 4.69) is 36.2 Å². The number of esters is 1. The number of rotatable bonds is 4. The molecule has 1 heterocycles. The maximum atomic E-state index is 13.9. The van der Waals surface area contributed by atoms with Crippen LogP contribution in [0.2, 0.25) is 0 Å². The fourth-order valence-electron chi connectivity index (χ4n) is 1.64. The first-order valence-electron chi connectivity index (χ1n) is 6.38. The van der Waals surface area contributed by atoms with E-state index in [1.165, 1.54) is 26.5 Å². The quantitative estimate of drug-likeness (QED) is 0.352. The second-order valence-electron chi connectivity index (χ2n) is 4.22. The number of hydrogen-bond donors (Lipinski definition) is 1. The number of benzene rings is 1. The summed E-state index contributed by atoms with van der Waals surface area (Å²) >= 11 is 4.00. The zero-order chi connectivity index (χ0) is 17.7. The van der Waals surface area contributed by atoms with Gasteiger partial charge in [-0.2, -0.15) is 5.10 Å². The van der Waals surface area contributed by atoms with Crippen LogP contribution in [0.4, 0.5) is 4.39 Å². The highest BCUT2D eigenvalue weighted by Crippen LogP contribution is 2.28. The minimum absolute atomic E-state index is 0.0164. The van der Waals surface area contributed by atoms with Crippen LogP contribution in [-0.4, -0.2) is 37.5 Å². The van der Waals surface area contributed by atoms with Gasteiger partial charge in [-0.1, -0.05) is 0 Å². The predicted molar refractivity (Wildman–Crippen MR) is 91.5 cm³/mol. The summed E-state index contributed by atoms with van der Waals surface area (Å²) in [7, 11) is 2.55. The molecule has 1 aliphatic heterocycles. The third kappa shape index (κ3) is 4.20. The van der Waals surface area contributed by atoms with Crippen LogP contribution in [0.15, 0.2) is 37.8 Å². The molecule has 0 saturated carbocycles. The van der Waals surface area contributed by atoms with Crippen LogP contribution < -0.4 is 10.1 Å². The fraction of sp³-hybridized carbons (Fsp3) is 0.143. The Kier molecular flexibility index (Phi) is 6.10. The van der Waals surface area contributed by atoms with E-state index in [1.807, 2.05) is 0 Å². The SMILES string of the molecule is COC(=O)/C=C1/S/C(=N\N=Cc2ccc(Br)c(F)c2OC)NC1=O. The number of hydrogen-bond acceptors (Lipinski definition) is 7. The third-order valence-electron chi connectivity index (χ3n) is 2.73. The molecule has 10 heteroatoms. The number of methoxy groups -OCH3 is 2. The summed E-state index contributed by atoms with van der Waals surface area (Å²) in [5.41, 5.74) is 0.377. The molecule has 0 aromatic heterocycles. The summed E-state index contributed by atoms with van der Waals surface area (Å²) in [6.07, 6.45) is 2.34. The molecule has 126 valence electrons. The van der Waals surface area contributed by atoms with E-state index in [4.69, 9.17) is 4.74 Å². The van der Waals surface area contributed by atoms with Crippen molar-refractivity contribution in [3.63, 3.8) is 0 Å². The number of carbonyl (C=O) groups excluding carboxylic acids is 2. The molecule has 0 atom stereocenters. The fourth-order valence-corrected chi connectivity index (χ4v) is 2.69. The molecular weight excluding hydrogens is 405 g/mol. The van der Waals surface area contributed by atoms with E-state index < -0.39 is 17.7 Å². The lowest BCUT2D eigenvalue weighted by Gasteiger charge is -2.06. The summed E-state index contributed by atoms with van der Waals surface area (Å²) in [6.45, 7) is 0. The van der Waals surface area contributed by atoms with Gasteiger partial charge in [0.1, 0.15) is 0 Å². The molecule has 1 fully saturated rings. The van der Waals surface area contributed by atoms with E-state index in [0.29, 0.717) is 5.56 Å². The van der Waals surface area contributed by atoms with Gasteiger partial charge in [0.25, 0.3) is 5.91 Å². The highest BCUT2D eigenvalue weighted by atomic mass is 79.9. The Labute approximate surface area is 149 Å². The Morgan fingerprint density at radius 1 is 1.42 bits per heavy atom. The number of ether oxygens (including phenoxy) is 2. The van der Waals surface area contributed by atoms with Crippen molar-refractivity contribution in [2.45, 2.75) is 0 Å². The smallest absolute Gasteiger partial charge is 0.331 e. The van der Waals surface area contributed by atoms with Gasteiger partial charge >= 0.3 is 5.97 Å². The van der Waals surface area contributed by atoms with Gasteiger partial charge in [0.05, 0.1) is 29.8 Å². The first-order chi connectivity index (χ1) is 11.5. The molecule has 0 unspecified atom stereocenters. The first kappa shape index (κ1) is 18.1. The van der Waals surface area contributed by atoms with E-state index in [9.17, 15) is 14.0 Å². The molecule has 1 saturated heterocycles. The van der Waals surface area contributed by atoms with Gasteiger partial charge in [0.2, 0.25) is 0 Å². The van der Waals surface area contributed by atoms with Gasteiger partial charge in [0.15, 0.2) is 16.7 Å². The molecule has 7 nitrogen and oxygen atoms in total. The minimum atomic E-state index is -0.646. The first-order valence-corrected chi connectivity index (χ1v) is 7.99. The predicted octanol–water partition coefficient (Wildman–Crippen LogP) is 2.21. The summed E-state index contributed by atoms with van der Waals surface area (Å²) in [6, 6.07) is 3.11. The molecule has 0 radical (unpaired) electrons. The maximum absolute atomic E-state index is 13.9. The Balaban J connectivity index is 2.16. The number of nitrogens with zero attached hydrogens (tertiary/aromatic N) is 2. The van der Waals surface area contributed by atoms with Gasteiger partial charge in [-0.25, -0.2) is 9.18 Å². The largest absolute Gasteiger partial charge is 0.493 e. The van der Waals surface area contributed by atoms with Crippen LogP contribution in [0.5, 0.6) is 5.75 Å². The Hall–Kier alpha value is -2.20. The molecule has 0 spiro atoms. The number of amidine groups is 1. The van der Waals surface area contributed by atoms with Crippen LogP contribution in [0, 0.1) is 5.82 Å². The van der Waals surface area contributed by atoms with Crippen LogP contribution >= 0.6 is 27.7 Å². The Morgan fingerprint density at radius 2 is 2.17 bits per heavy atom. The zero-order valence-corrected chi connectivity index (χ0v) is 14.9. The summed E-state index contributed by atoms with van der Waals surface area (Å²) in [5.74, 6) is -1.66. The van der Waals surface area contributed by atoms with Crippen molar-refractivity contribution >= 4 is 51.0 Å². The van der Waals surface area contributed by atoms with Crippen molar-refractivity contribution in [3.05, 3.63) is 39.0 Å². The third-order valence-corrected chi connectivity index (χ3v) is 4.24. The molecule has 1 aromatic rings. The number of nitrogens with one attached hydrogen (secondary N) is 1. The lowest BCUT2D eigenvalue weighted by Crippen LogP contribution is -2.19. The molecule has 2 rings (SSSR count). The van der Waals surface area contributed by atoms with Gasteiger partial charge in [-0.3, -0.25) is 10.1 Å². The van der Waals surface area contributed by atoms with Crippen molar-refractivity contribution in [2.24, 2.45) is 10.2 Å². The monoisotopic (exact) mass is 415 g/mol. The molecule has 24 heavy (non-hydrogen) atoms. The number of amides is 1. The maximum Gasteiger partial charge on any atom is 0.331 e. The van der Waals surface area contributed by atoms with Crippen LogP contribution in [0.1, 0.15) is 5.56 Å². The van der Waals surface area contributed by atoms with Crippen molar-refractivity contribution in [1.82, 2.24) is 5.32 Å². The van der Waals surface area contributed by atoms with Crippen LogP contribution in [-0.2, 0) is 14.3 Å². The van der Waals surface area contributed by atoms with E-state index >= 15 is 0 Å². The Morgan fingerprint density at radius 3 is 2.83 bits per heavy atom. The molecule has 0 bridgehead atoms. The van der Waals surface area contributed by atoms with Crippen molar-refractivity contribution in [1.29, 1.82) is 0 Å². The second-order valence-corrected chi connectivity index (χ2v) is 6.11. The van der Waals surface area contributed by atoms with Gasteiger partial charge in [0, 0.05) is 11.6 Å². The number of halogens is 2. The minimum Gasteiger partial charge on any atom is -0.493 e. The zero-order valence-electron chi connectivity index (χ0n) is 12.5. The highest BCUT2D eigenvalue weighted by Gasteiger charge is 2.25. The standard InChI is InChI=1S/C14H11BrFN3O4S/c1-22-10(20)5-9-13(21)18-14(24-9)19-17-6-7-3-4-8(15)11(16)12(7)23-2/h3-6H,1-2H3,(H,18,19,21)/b9-5+,17-6?. The average Bonchev–Trinajstić information content (AvgIpc) is 2.90. The lowest BCUT2D eigenvalue weighted by molar-refractivity contribution is -0.135. The van der Waals surface area contributed by atoms with Crippen molar-refractivity contribution in [3.8, 4) is 5.75 Å². The van der Waals surface area contributed by atoms with Crippen molar-refractivity contribution in [2.75, 3.05) is 14.2 Å². The summed E-state index contributed by atoms with van der Waals surface area (Å²) < 4.78 is 23.6. The van der Waals surface area contributed by atoms with E-state index in [1.54, 1.807) is 6.07 Å². The van der Waals surface area contributed by atoms with E-state index in [-0.39, 0.29) is 20.3 Å². The normalized spacial score (nSPS) is 17.6. The topological polar surface area (TPSA) is 89.3 Å². The molecule has 1 aromatic carbocycles. The second kappa shape index (κ2) is 8.06. The molecular formula is C14H11BrFN3O4S. The molecule has 1 N–H and O–H groups in total. The van der Waals surface area contributed by atoms with Gasteiger partial charge < -0.3 is 9.47 Å². The number of thioether (sulfide) groups is 1. The van der Waals surface area contributed by atoms with E-state index in [0.717, 1.165) is 17.8 Å². The molecule has 1 aliphatic rings. The van der Waals surface area contributed by atoms with Crippen LogP contribution in [0.25, 0.3) is 0 Å². The van der Waals surface area contributed by atoms with Crippen LogP contribution in [0.3, 0.4) is 0 Å². The number of carbonyl (C=O) groups is 2. The van der Waals surface area contributed by atoms with Gasteiger partial charge in [-0.15, -0.1) is 5.10 Å². The average molecular weight is 416 g/mol. The van der Waals surface area contributed by atoms with Crippen molar-refractivity contribution < 1.29 is 23.5 Å². The molecule has 0 aliphatic carbocycles. The summed E-state index contributed by atoms with van der Waals surface area (Å²) in [5, 5.41) is 10.2. The van der Waals surface area contributed by atoms with Gasteiger partial charge in [-0.05, 0) is 39.8 Å².